The SMILES string of the molecule is COC(=O)[C@H](CCC(=O)N(C)CCc1ccccc1)NC(=O)[C@H](CC1CCCCC1)SNC(=O)OC(C)c1cccc(Cl)c1. The molecule has 1 fully saturated rings. The summed E-state index contributed by atoms with van der Waals surface area (Å²) >= 11 is 7.04. The van der Waals surface area contributed by atoms with E-state index in [2.05, 4.69) is 10.0 Å². The number of hydrogen-bond acceptors (Lipinski definition) is 7. The lowest BCUT2D eigenvalue weighted by molar-refractivity contribution is -0.145. The minimum absolute atomic E-state index is 0.0672. The van der Waals surface area contributed by atoms with E-state index in [-0.39, 0.29) is 18.7 Å². The molecule has 0 saturated heterocycles. The molecule has 3 amide bonds. The molecule has 2 N–H and O–H groups in total. The number of hydrogen-bond donors (Lipinski definition) is 2. The molecule has 1 aliphatic rings. The van der Waals surface area contributed by atoms with Crippen molar-refractivity contribution < 1.29 is 28.7 Å². The summed E-state index contributed by atoms with van der Waals surface area (Å²) < 4.78 is 13.1. The normalized spacial score (nSPS) is 15.4. The van der Waals surface area contributed by atoms with Gasteiger partial charge in [0, 0.05) is 25.0 Å². The van der Waals surface area contributed by atoms with Crippen LogP contribution in [0.2, 0.25) is 5.02 Å². The second kappa shape index (κ2) is 18.5. The highest BCUT2D eigenvalue weighted by molar-refractivity contribution is 7.99. The minimum Gasteiger partial charge on any atom is -0.467 e. The predicted octanol–water partition coefficient (Wildman–Crippen LogP) is 6.25. The second-order valence-electron chi connectivity index (χ2n) is 11.2. The standard InChI is InChI=1S/C33H44ClN3O6S/c1-23(26-15-10-16-27(34)22-26)43-33(41)36-44-29(21-25-13-8-5-9-14-25)31(39)35-28(32(40)42-3)17-18-30(38)37(2)20-19-24-11-6-4-7-12-24/h4,6-7,10-12,15-16,22-23,25,28-29H,5,8-9,13-14,17-21H2,1-3H3,(H,35,39)(H,36,41)/t23?,28-,29-/m0/s1. The number of nitrogens with one attached hydrogen (secondary N) is 2. The van der Waals surface area contributed by atoms with Gasteiger partial charge in [-0.1, -0.05) is 86.2 Å². The smallest absolute Gasteiger partial charge is 0.417 e. The van der Waals surface area contributed by atoms with Gasteiger partial charge in [0.25, 0.3) is 0 Å². The highest BCUT2D eigenvalue weighted by atomic mass is 35.5. The summed E-state index contributed by atoms with van der Waals surface area (Å²) in [5, 5.41) is 2.67. The molecule has 11 heteroatoms. The van der Waals surface area contributed by atoms with Gasteiger partial charge in [-0.2, -0.15) is 0 Å². The van der Waals surface area contributed by atoms with Gasteiger partial charge < -0.3 is 19.7 Å². The Balaban J connectivity index is 1.58. The number of benzene rings is 2. The van der Waals surface area contributed by atoms with Crippen molar-refractivity contribution in [3.8, 4) is 0 Å². The fraction of sp³-hybridized carbons (Fsp3) is 0.515. The summed E-state index contributed by atoms with van der Waals surface area (Å²) in [6.45, 7) is 2.28. The average molecular weight is 646 g/mol. The van der Waals surface area contributed by atoms with E-state index in [4.69, 9.17) is 21.1 Å². The Morgan fingerprint density at radius 1 is 1.05 bits per heavy atom. The minimum atomic E-state index is -0.997. The number of rotatable bonds is 15. The van der Waals surface area contributed by atoms with Crippen molar-refractivity contribution >= 4 is 47.4 Å². The maximum absolute atomic E-state index is 13.5. The molecule has 0 radical (unpaired) electrons. The quantitative estimate of drug-likeness (QED) is 0.174. The molecule has 0 aliphatic heterocycles. The van der Waals surface area contributed by atoms with Crippen LogP contribution >= 0.6 is 23.5 Å². The van der Waals surface area contributed by atoms with E-state index in [9.17, 15) is 19.2 Å². The summed E-state index contributed by atoms with van der Waals surface area (Å²) in [7, 11) is 2.98. The van der Waals surface area contributed by atoms with E-state index in [0.29, 0.717) is 30.3 Å². The Morgan fingerprint density at radius 3 is 2.45 bits per heavy atom. The predicted molar refractivity (Wildman–Crippen MR) is 173 cm³/mol. The summed E-state index contributed by atoms with van der Waals surface area (Å²) in [6.07, 6.45) is 5.56. The monoisotopic (exact) mass is 645 g/mol. The number of carbonyl (C=O) groups excluding carboxylic acids is 4. The Labute approximate surface area is 269 Å². The fourth-order valence-corrected chi connectivity index (χ4v) is 6.28. The molecular formula is C33H44ClN3O6S. The molecular weight excluding hydrogens is 602 g/mol. The number of carbonyl (C=O) groups is 4. The summed E-state index contributed by atoms with van der Waals surface area (Å²) in [4.78, 5) is 53.3. The van der Waals surface area contributed by atoms with E-state index < -0.39 is 35.4 Å². The van der Waals surface area contributed by atoms with E-state index >= 15 is 0 Å². The van der Waals surface area contributed by atoms with Crippen LogP contribution in [0.15, 0.2) is 54.6 Å². The van der Waals surface area contributed by atoms with Crippen molar-refractivity contribution in [2.75, 3.05) is 20.7 Å². The van der Waals surface area contributed by atoms with Crippen LogP contribution in [-0.4, -0.2) is 60.8 Å². The summed E-state index contributed by atoms with van der Waals surface area (Å²) in [6, 6.07) is 16.0. The van der Waals surface area contributed by atoms with Gasteiger partial charge in [-0.15, -0.1) is 0 Å². The first kappa shape index (κ1) is 35.2. The lowest BCUT2D eigenvalue weighted by atomic mass is 9.86. The van der Waals surface area contributed by atoms with Gasteiger partial charge in [-0.25, -0.2) is 9.59 Å². The van der Waals surface area contributed by atoms with Gasteiger partial charge in [-0.05, 0) is 67.3 Å². The molecule has 1 aliphatic carbocycles. The van der Waals surface area contributed by atoms with Gasteiger partial charge in [0.1, 0.15) is 17.4 Å². The Hall–Kier alpha value is -3.24. The third-order valence-corrected chi connectivity index (χ3v) is 9.12. The molecule has 0 heterocycles. The number of likely N-dealkylation sites (N-methyl/N-ethyl adjacent to an activating group) is 1. The molecule has 3 atom stereocenters. The lowest BCUT2D eigenvalue weighted by Gasteiger charge is -2.27. The van der Waals surface area contributed by atoms with Crippen LogP contribution in [0, 0.1) is 5.92 Å². The number of halogens is 1. The summed E-state index contributed by atoms with van der Waals surface area (Å²) in [5.41, 5.74) is 1.88. The highest BCUT2D eigenvalue weighted by Gasteiger charge is 2.31. The van der Waals surface area contributed by atoms with Crippen LogP contribution in [0.5, 0.6) is 0 Å². The van der Waals surface area contributed by atoms with Crippen LogP contribution in [0.3, 0.4) is 0 Å². The zero-order valence-corrected chi connectivity index (χ0v) is 27.3. The van der Waals surface area contributed by atoms with E-state index in [0.717, 1.165) is 48.8 Å². The molecule has 1 unspecified atom stereocenters. The zero-order chi connectivity index (χ0) is 31.9. The van der Waals surface area contributed by atoms with Gasteiger partial charge in [-0.3, -0.25) is 14.3 Å². The third kappa shape index (κ3) is 12.0. The van der Waals surface area contributed by atoms with Crippen LogP contribution in [-0.2, 0) is 30.3 Å². The molecule has 3 rings (SSSR count). The first-order chi connectivity index (χ1) is 21.2. The van der Waals surface area contributed by atoms with Crippen LogP contribution in [0.4, 0.5) is 4.79 Å². The van der Waals surface area contributed by atoms with Gasteiger partial charge in [0.05, 0.1) is 7.11 Å². The van der Waals surface area contributed by atoms with E-state index in [1.807, 2.05) is 36.4 Å². The molecule has 240 valence electrons. The Kier molecular flexibility index (Phi) is 14.9. The van der Waals surface area contributed by atoms with Gasteiger partial charge in [0.2, 0.25) is 11.8 Å². The second-order valence-corrected chi connectivity index (χ2v) is 12.7. The zero-order valence-electron chi connectivity index (χ0n) is 25.8. The van der Waals surface area contributed by atoms with E-state index in [1.165, 1.54) is 13.5 Å². The van der Waals surface area contributed by atoms with E-state index in [1.54, 1.807) is 37.1 Å². The molecule has 2 aromatic rings. The molecule has 0 aromatic heterocycles. The fourth-order valence-electron chi connectivity index (χ4n) is 5.25. The van der Waals surface area contributed by atoms with Crippen LogP contribution in [0.1, 0.15) is 75.5 Å². The number of nitrogens with zero attached hydrogens (tertiary/aromatic N) is 1. The van der Waals surface area contributed by atoms with Crippen molar-refractivity contribution in [2.45, 2.75) is 82.1 Å². The number of methoxy groups -OCH3 is 1. The maximum Gasteiger partial charge on any atom is 0.417 e. The van der Waals surface area contributed by atoms with Crippen molar-refractivity contribution in [2.24, 2.45) is 5.92 Å². The molecule has 9 nitrogen and oxygen atoms in total. The van der Waals surface area contributed by atoms with Crippen molar-refractivity contribution in [3.63, 3.8) is 0 Å². The number of esters is 1. The molecule has 0 bridgehead atoms. The number of ether oxygens (including phenoxy) is 2. The van der Waals surface area contributed by atoms with Gasteiger partial charge >= 0.3 is 12.1 Å². The van der Waals surface area contributed by atoms with Crippen LogP contribution in [0.25, 0.3) is 0 Å². The largest absolute Gasteiger partial charge is 0.467 e. The molecule has 1 saturated carbocycles. The maximum atomic E-state index is 13.5. The lowest BCUT2D eigenvalue weighted by Crippen LogP contribution is -2.47. The number of amides is 3. The van der Waals surface area contributed by atoms with Crippen molar-refractivity contribution in [1.29, 1.82) is 0 Å². The molecule has 0 spiro atoms. The molecule has 44 heavy (non-hydrogen) atoms. The Morgan fingerprint density at radius 2 is 1.77 bits per heavy atom. The highest BCUT2D eigenvalue weighted by Crippen LogP contribution is 2.31. The summed E-state index contributed by atoms with van der Waals surface area (Å²) in [5.74, 6) is -0.826. The van der Waals surface area contributed by atoms with Gasteiger partial charge in [0.15, 0.2) is 0 Å². The first-order valence-electron chi connectivity index (χ1n) is 15.2. The Bertz CT molecular complexity index is 1230. The first-order valence-corrected chi connectivity index (χ1v) is 16.5. The van der Waals surface area contributed by atoms with Crippen LogP contribution < -0.4 is 10.0 Å². The topological polar surface area (TPSA) is 114 Å². The molecule has 2 aromatic carbocycles. The average Bonchev–Trinajstić information content (AvgIpc) is 3.04. The van der Waals surface area contributed by atoms with Crippen molar-refractivity contribution in [1.82, 2.24) is 14.9 Å². The third-order valence-electron chi connectivity index (χ3n) is 7.90. The van der Waals surface area contributed by atoms with Crippen molar-refractivity contribution in [3.05, 3.63) is 70.7 Å².